The molecular weight excluding hydrogens is 402 g/mol. The lowest BCUT2D eigenvalue weighted by atomic mass is 10.1. The Kier molecular flexibility index (Phi) is 8.28. The van der Waals surface area contributed by atoms with Crippen LogP contribution >= 0.6 is 0 Å². The molecule has 0 heterocycles. The fourth-order valence-electron chi connectivity index (χ4n) is 2.61. The monoisotopic (exact) mass is 423 g/mol. The Morgan fingerprint density at radius 2 is 1.97 bits per heavy atom. The van der Waals surface area contributed by atoms with Gasteiger partial charge in [-0.3, -0.25) is 14.9 Å². The number of unbranched alkanes of at least 4 members (excludes halogenated alkanes) is 1. The summed E-state index contributed by atoms with van der Waals surface area (Å²) in [5.41, 5.74) is -0.180. The molecule has 2 aromatic carbocycles. The van der Waals surface area contributed by atoms with Crippen LogP contribution in [0.5, 0.6) is 11.5 Å². The first-order valence-corrected chi connectivity index (χ1v) is 9.44. The predicted octanol–water partition coefficient (Wildman–Crippen LogP) is 3.65. The van der Waals surface area contributed by atoms with Crippen LogP contribution < -0.4 is 14.8 Å². The number of ether oxygens (including phenoxy) is 2. The second kappa shape index (κ2) is 11.1. The molecule has 0 saturated carbocycles. The Morgan fingerprint density at radius 3 is 2.61 bits per heavy atom. The van der Waals surface area contributed by atoms with E-state index in [4.69, 9.17) is 9.47 Å². The number of esters is 1. The molecule has 0 aliphatic heterocycles. The van der Waals surface area contributed by atoms with Crippen molar-refractivity contribution in [2.45, 2.75) is 19.8 Å². The molecule has 0 aliphatic carbocycles. The molecule has 0 radical (unpaired) electrons. The summed E-state index contributed by atoms with van der Waals surface area (Å²) in [5, 5.41) is 23.1. The van der Waals surface area contributed by atoms with E-state index in [2.05, 4.69) is 5.32 Å². The maximum absolute atomic E-state index is 12.4. The molecule has 1 N–H and O–H groups in total. The van der Waals surface area contributed by atoms with Crippen LogP contribution in [-0.4, -0.2) is 30.5 Å². The Hall–Kier alpha value is -4.19. The van der Waals surface area contributed by atoms with E-state index in [0.29, 0.717) is 12.1 Å². The van der Waals surface area contributed by atoms with Crippen molar-refractivity contribution in [1.29, 1.82) is 5.26 Å². The summed E-state index contributed by atoms with van der Waals surface area (Å²) < 4.78 is 10.5. The molecule has 0 aliphatic rings. The Balaban J connectivity index is 2.26. The number of methoxy groups -OCH3 is 1. The summed E-state index contributed by atoms with van der Waals surface area (Å²) in [6.45, 7) is 2.46. The van der Waals surface area contributed by atoms with E-state index in [1.165, 1.54) is 55.7 Å². The fourth-order valence-corrected chi connectivity index (χ4v) is 2.61. The molecule has 0 aromatic heterocycles. The highest BCUT2D eigenvalue weighted by Gasteiger charge is 2.22. The first-order valence-electron chi connectivity index (χ1n) is 9.44. The molecule has 0 bridgehead atoms. The van der Waals surface area contributed by atoms with Crippen molar-refractivity contribution in [2.75, 3.05) is 13.7 Å². The van der Waals surface area contributed by atoms with E-state index >= 15 is 0 Å². The van der Waals surface area contributed by atoms with Crippen molar-refractivity contribution in [1.82, 2.24) is 5.32 Å². The van der Waals surface area contributed by atoms with Gasteiger partial charge in [0.1, 0.15) is 17.2 Å². The summed E-state index contributed by atoms with van der Waals surface area (Å²) in [5.74, 6) is -1.21. The van der Waals surface area contributed by atoms with E-state index in [1.807, 2.05) is 13.0 Å². The number of hydrogen-bond acceptors (Lipinski definition) is 7. The van der Waals surface area contributed by atoms with Crippen LogP contribution in [0.25, 0.3) is 6.08 Å². The van der Waals surface area contributed by atoms with Gasteiger partial charge in [0.05, 0.1) is 12.0 Å². The largest absolute Gasteiger partial charge is 0.493 e. The number of nitro groups is 1. The summed E-state index contributed by atoms with van der Waals surface area (Å²) in [4.78, 5) is 35.0. The number of carbonyl (C=O) groups excluding carboxylic acids is 2. The molecule has 9 heteroatoms. The third-order valence-electron chi connectivity index (χ3n) is 4.20. The first kappa shape index (κ1) is 23.1. The molecule has 9 nitrogen and oxygen atoms in total. The molecule has 0 spiro atoms. The number of rotatable bonds is 9. The zero-order valence-corrected chi connectivity index (χ0v) is 17.1. The highest BCUT2D eigenvalue weighted by Crippen LogP contribution is 2.30. The Labute approximate surface area is 179 Å². The van der Waals surface area contributed by atoms with Crippen molar-refractivity contribution in [3.05, 3.63) is 69.3 Å². The quantitative estimate of drug-likeness (QED) is 0.124. The van der Waals surface area contributed by atoms with Crippen molar-refractivity contribution in [3.8, 4) is 17.6 Å². The number of nitriles is 1. The van der Waals surface area contributed by atoms with E-state index in [0.717, 1.165) is 12.8 Å². The molecule has 0 saturated heterocycles. The Bertz CT molecular complexity index is 1060. The van der Waals surface area contributed by atoms with Gasteiger partial charge in [0.15, 0.2) is 11.5 Å². The topological polar surface area (TPSA) is 132 Å². The van der Waals surface area contributed by atoms with Gasteiger partial charge in [0, 0.05) is 12.6 Å². The van der Waals surface area contributed by atoms with Gasteiger partial charge in [0.25, 0.3) is 11.6 Å². The van der Waals surface area contributed by atoms with Gasteiger partial charge < -0.3 is 14.8 Å². The molecular formula is C22H21N3O6. The number of hydrogen-bond donors (Lipinski definition) is 1. The highest BCUT2D eigenvalue weighted by molar-refractivity contribution is 6.01. The molecule has 0 atom stereocenters. The fraction of sp³-hybridized carbons (Fsp3) is 0.227. The van der Waals surface area contributed by atoms with Crippen LogP contribution in [0.15, 0.2) is 48.0 Å². The standard InChI is InChI=1S/C22H21N3O6/c1-3-4-11-24-21(26)16(14-23)12-15-9-10-19(20(13-15)30-2)31-22(27)17-7-5-6-8-18(17)25(28)29/h5-10,12-13H,3-4,11H2,1-2H3,(H,24,26)/b16-12+. The van der Waals surface area contributed by atoms with Crippen molar-refractivity contribution >= 4 is 23.6 Å². The zero-order chi connectivity index (χ0) is 22.8. The van der Waals surface area contributed by atoms with E-state index in [1.54, 1.807) is 0 Å². The third-order valence-corrected chi connectivity index (χ3v) is 4.20. The average Bonchev–Trinajstić information content (AvgIpc) is 2.78. The number of nitrogens with one attached hydrogen (secondary N) is 1. The van der Waals surface area contributed by atoms with Gasteiger partial charge in [-0.2, -0.15) is 5.26 Å². The lowest BCUT2D eigenvalue weighted by Gasteiger charge is -2.10. The highest BCUT2D eigenvalue weighted by atomic mass is 16.6. The van der Waals surface area contributed by atoms with E-state index in [-0.39, 0.29) is 28.3 Å². The van der Waals surface area contributed by atoms with Gasteiger partial charge in [-0.25, -0.2) is 4.79 Å². The van der Waals surface area contributed by atoms with E-state index in [9.17, 15) is 25.0 Å². The number of amides is 1. The maximum atomic E-state index is 12.4. The van der Waals surface area contributed by atoms with Crippen molar-refractivity contribution in [3.63, 3.8) is 0 Å². The van der Waals surface area contributed by atoms with Crippen LogP contribution in [0, 0.1) is 21.4 Å². The third kappa shape index (κ3) is 6.14. The molecule has 2 rings (SSSR count). The minimum Gasteiger partial charge on any atom is -0.493 e. The zero-order valence-electron chi connectivity index (χ0n) is 17.1. The van der Waals surface area contributed by atoms with Crippen LogP contribution in [0.4, 0.5) is 5.69 Å². The molecule has 2 aromatic rings. The Morgan fingerprint density at radius 1 is 1.23 bits per heavy atom. The first-order chi connectivity index (χ1) is 14.9. The summed E-state index contributed by atoms with van der Waals surface area (Å²) in [6, 6.07) is 11.7. The number of para-hydroxylation sites is 1. The number of nitro benzene ring substituents is 1. The van der Waals surface area contributed by atoms with Gasteiger partial charge in [0.2, 0.25) is 0 Å². The number of carbonyl (C=O) groups is 2. The van der Waals surface area contributed by atoms with Crippen LogP contribution in [0.3, 0.4) is 0 Å². The van der Waals surface area contributed by atoms with Crippen molar-refractivity contribution in [2.24, 2.45) is 0 Å². The molecule has 160 valence electrons. The predicted molar refractivity (Wildman–Crippen MR) is 113 cm³/mol. The SMILES string of the molecule is CCCCNC(=O)/C(C#N)=C/c1ccc(OC(=O)c2ccccc2[N+](=O)[O-])c(OC)c1. The average molecular weight is 423 g/mol. The van der Waals surface area contributed by atoms with Gasteiger partial charge >= 0.3 is 5.97 Å². The van der Waals surface area contributed by atoms with Gasteiger partial charge in [-0.15, -0.1) is 0 Å². The van der Waals surface area contributed by atoms with Gasteiger partial charge in [-0.1, -0.05) is 31.5 Å². The number of benzene rings is 2. The second-order valence-corrected chi connectivity index (χ2v) is 6.35. The van der Waals surface area contributed by atoms with E-state index < -0.39 is 16.8 Å². The van der Waals surface area contributed by atoms with Gasteiger partial charge in [-0.05, 0) is 36.3 Å². The number of nitrogens with zero attached hydrogens (tertiary/aromatic N) is 2. The van der Waals surface area contributed by atoms with Crippen LogP contribution in [0.2, 0.25) is 0 Å². The maximum Gasteiger partial charge on any atom is 0.350 e. The summed E-state index contributed by atoms with van der Waals surface area (Å²) >= 11 is 0. The smallest absolute Gasteiger partial charge is 0.350 e. The molecule has 0 unspecified atom stereocenters. The lowest BCUT2D eigenvalue weighted by Crippen LogP contribution is -2.25. The van der Waals surface area contributed by atoms with Crippen LogP contribution in [-0.2, 0) is 4.79 Å². The summed E-state index contributed by atoms with van der Waals surface area (Å²) in [7, 11) is 1.35. The minimum absolute atomic E-state index is 0.0358. The normalized spacial score (nSPS) is 10.7. The lowest BCUT2D eigenvalue weighted by molar-refractivity contribution is -0.385. The second-order valence-electron chi connectivity index (χ2n) is 6.35. The molecule has 31 heavy (non-hydrogen) atoms. The van der Waals surface area contributed by atoms with Crippen molar-refractivity contribution < 1.29 is 24.0 Å². The van der Waals surface area contributed by atoms with Crippen LogP contribution in [0.1, 0.15) is 35.7 Å². The summed E-state index contributed by atoms with van der Waals surface area (Å²) in [6.07, 6.45) is 3.10. The molecule has 1 amide bonds. The minimum atomic E-state index is -0.915. The molecule has 0 fully saturated rings.